The molecule has 6 aliphatic rings. The molecule has 8 bridgehead atoms. The Bertz CT molecular complexity index is 2340. The van der Waals surface area contributed by atoms with Gasteiger partial charge in [-0.2, -0.15) is 0 Å². The summed E-state index contributed by atoms with van der Waals surface area (Å²) in [4.78, 5) is 71.0. The minimum Gasteiger partial charge on any atom is -0.657 e. The van der Waals surface area contributed by atoms with Crippen LogP contribution in [0.25, 0.3) is 46.4 Å². The van der Waals surface area contributed by atoms with E-state index in [-0.39, 0.29) is 40.7 Å². The number of carboxylic acids is 4. The van der Waals surface area contributed by atoms with Gasteiger partial charge < -0.3 is 49.3 Å². The van der Waals surface area contributed by atoms with E-state index in [1.165, 1.54) is 0 Å². The molecule has 0 aromatic carbocycles. The molecule has 0 radical (unpaired) electrons. The first kappa shape index (κ1) is 50.2. The number of aromatic nitrogens is 4. The average molecular weight is 988 g/mol. The Hall–Kier alpha value is -5.16. The van der Waals surface area contributed by atoms with Crippen molar-refractivity contribution in [2.75, 3.05) is 28.4 Å². The Morgan fingerprint density at radius 3 is 0.826 bits per heavy atom. The average Bonchev–Trinajstić information content (AvgIpc) is 4.20. The van der Waals surface area contributed by atoms with Crippen LogP contribution in [0.3, 0.4) is 0 Å². The van der Waals surface area contributed by atoms with Gasteiger partial charge in [-0.1, -0.05) is 24.3 Å². The molecule has 4 N–H and O–H groups in total. The van der Waals surface area contributed by atoms with E-state index in [0.29, 0.717) is 122 Å². The second-order valence-corrected chi connectivity index (χ2v) is 19.4. The molecule has 17 heteroatoms. The fourth-order valence-electron chi connectivity index (χ4n) is 12.5. The Kier molecular flexibility index (Phi) is 15.3. The Morgan fingerprint density at radius 1 is 0.420 bits per heavy atom. The summed E-state index contributed by atoms with van der Waals surface area (Å²) in [6, 6.07) is 7.86. The molecule has 4 aliphatic carbocycles. The molecule has 4 fully saturated rings. The van der Waals surface area contributed by atoms with Gasteiger partial charge in [0.1, 0.15) is 0 Å². The largest absolute Gasteiger partial charge is 3.00 e. The number of rotatable bonds is 12. The molecule has 0 amide bonds. The van der Waals surface area contributed by atoms with E-state index < -0.39 is 72.0 Å². The topological polar surface area (TPSA) is 240 Å². The summed E-state index contributed by atoms with van der Waals surface area (Å²) < 4.78 is 24.5. The van der Waals surface area contributed by atoms with Gasteiger partial charge >= 0.3 is 40.9 Å². The maximum atomic E-state index is 12.3. The van der Waals surface area contributed by atoms with Gasteiger partial charge in [-0.05, 0) is 124 Å². The van der Waals surface area contributed by atoms with Crippen molar-refractivity contribution in [1.29, 1.82) is 0 Å². The molecule has 3 aromatic rings. The van der Waals surface area contributed by atoms with Crippen molar-refractivity contribution in [3.63, 3.8) is 0 Å². The van der Waals surface area contributed by atoms with Crippen molar-refractivity contribution in [1.82, 2.24) is 19.9 Å². The molecule has 4 saturated carbocycles. The van der Waals surface area contributed by atoms with Crippen molar-refractivity contribution in [3.8, 4) is 0 Å². The molecular weight excluding hydrogens is 928 g/mol. The van der Waals surface area contributed by atoms with Crippen LogP contribution < -0.4 is 9.97 Å². The van der Waals surface area contributed by atoms with Crippen LogP contribution in [0.4, 0.5) is 0 Å². The zero-order valence-electron chi connectivity index (χ0n) is 39.3. The first-order valence-corrected chi connectivity index (χ1v) is 23.9. The zero-order chi connectivity index (χ0) is 48.0. The van der Waals surface area contributed by atoms with E-state index >= 15 is 0 Å². The maximum absolute atomic E-state index is 12.3. The summed E-state index contributed by atoms with van der Waals surface area (Å²) in [7, 11) is 6.43. The number of carboxylic acid groups (broad SMARTS) is 4. The third-order valence-corrected chi connectivity index (χ3v) is 16.0. The fraction of sp³-hybridized carbons (Fsp3) is 0.538. The van der Waals surface area contributed by atoms with Crippen molar-refractivity contribution < 1.29 is 75.6 Å². The number of aliphatic carboxylic acids is 4. The molecule has 0 spiro atoms. The maximum Gasteiger partial charge on any atom is 3.00 e. The third kappa shape index (κ3) is 9.70. The predicted molar refractivity (Wildman–Crippen MR) is 251 cm³/mol. The Morgan fingerprint density at radius 2 is 0.638 bits per heavy atom. The van der Waals surface area contributed by atoms with Crippen molar-refractivity contribution in [2.24, 2.45) is 23.7 Å². The second-order valence-electron chi connectivity index (χ2n) is 19.4. The normalized spacial score (nSPS) is 30.1. The van der Waals surface area contributed by atoms with Gasteiger partial charge in [0.15, 0.2) is 0 Å². The number of methoxy groups -OCH3 is 4. The molecule has 5 heterocycles. The standard InChI is InChI=1S/C52H62N4O12.Mn/c1-65-41-21-25(49(57)58)5-9-29(41)45-33-13-15-35(53-33)46(30-10-6-26(50(59)60)22-42(30)66-2)37-17-19-39(55-37)48(32-12-8-28(52(63)64)24-44(32)68-4)40-20-18-38(56-40)47(36-16-14-34(45)54-36)31-11-7-27(51(61)62)23-43(31)67-3;/h13-20,25-32,41-44H,5-12,21-24H2,1-4H3,(H6,53,54,55,56,57,58,59,60,61,62,63,64);/q;+3/p-2. The summed E-state index contributed by atoms with van der Waals surface area (Å²) in [6.45, 7) is 0. The Balaban J connectivity index is 0.00000642. The summed E-state index contributed by atoms with van der Waals surface area (Å²) in [6.07, 6.45) is 11.0. The molecule has 69 heavy (non-hydrogen) atoms. The summed E-state index contributed by atoms with van der Waals surface area (Å²) in [5.74, 6) is -6.86. The molecule has 12 atom stereocenters. The van der Waals surface area contributed by atoms with Crippen molar-refractivity contribution in [2.45, 2.75) is 125 Å². The first-order valence-electron chi connectivity index (χ1n) is 23.9. The van der Waals surface area contributed by atoms with E-state index in [2.05, 4.69) is 0 Å². The number of hydrogen-bond donors (Lipinski definition) is 4. The van der Waals surface area contributed by atoms with E-state index in [4.69, 9.17) is 38.9 Å². The van der Waals surface area contributed by atoms with E-state index in [0.717, 1.165) is 22.3 Å². The quantitative estimate of drug-likeness (QED) is 0.0871. The number of nitrogens with zero attached hydrogens (tertiary/aromatic N) is 4. The number of fused-ring (bicyclic) bond motifs is 8. The molecule has 366 valence electrons. The van der Waals surface area contributed by atoms with Crippen LogP contribution in [0.1, 0.15) is 146 Å². The van der Waals surface area contributed by atoms with Crippen LogP contribution in [-0.2, 0) is 55.2 Å². The van der Waals surface area contributed by atoms with Crippen LogP contribution in [0.5, 0.6) is 0 Å². The van der Waals surface area contributed by atoms with Gasteiger partial charge in [0, 0.05) is 52.1 Å². The van der Waals surface area contributed by atoms with E-state index in [1.54, 1.807) is 28.4 Å². The molecule has 2 aliphatic heterocycles. The molecular formula is C52H60MnN4O12+. The van der Waals surface area contributed by atoms with Gasteiger partial charge in [-0.25, -0.2) is 9.97 Å². The molecule has 16 nitrogen and oxygen atoms in total. The third-order valence-electron chi connectivity index (χ3n) is 16.0. The van der Waals surface area contributed by atoms with Gasteiger partial charge in [0.05, 0.1) is 70.9 Å². The van der Waals surface area contributed by atoms with Crippen LogP contribution in [0, 0.1) is 23.7 Å². The number of ether oxygens (including phenoxy) is 4. The fourth-order valence-corrected chi connectivity index (χ4v) is 12.5. The SMILES string of the molecule is COC1CC(C(=O)O)CCC1c1c2nc(c(C3CCC(C(=O)O)CC3OC)c3ccc([n-]3)c(C3CCC(C(=O)O)CC3OC)c3nc(c(C4CCC(C(=O)O)CC4OC)c4ccc1[n-]4)C=C3)C=C2.[Mn+3]. The van der Waals surface area contributed by atoms with Gasteiger partial charge in [-0.3, -0.25) is 19.2 Å². The van der Waals surface area contributed by atoms with Crippen LogP contribution in [-0.4, -0.2) is 107 Å². The molecule has 3 aromatic heterocycles. The van der Waals surface area contributed by atoms with E-state index in [1.807, 2.05) is 48.6 Å². The van der Waals surface area contributed by atoms with Gasteiger partial charge in [0.2, 0.25) is 0 Å². The predicted octanol–water partition coefficient (Wildman–Crippen LogP) is 7.84. The number of hydrogen-bond acceptors (Lipinski definition) is 10. The zero-order valence-corrected chi connectivity index (χ0v) is 40.4. The first-order chi connectivity index (χ1) is 32.8. The second kappa shape index (κ2) is 21.1. The Labute approximate surface area is 410 Å². The minimum atomic E-state index is -0.862. The molecule has 9 rings (SSSR count). The number of carbonyl (C=O) groups is 4. The van der Waals surface area contributed by atoms with Crippen molar-refractivity contribution >= 4 is 70.2 Å². The monoisotopic (exact) mass is 987 g/mol. The summed E-state index contributed by atoms with van der Waals surface area (Å²) >= 11 is 0. The van der Waals surface area contributed by atoms with E-state index in [9.17, 15) is 39.6 Å². The summed E-state index contributed by atoms with van der Waals surface area (Å²) in [5.41, 5.74) is 8.41. The molecule has 12 unspecified atom stereocenters. The summed E-state index contributed by atoms with van der Waals surface area (Å²) in [5, 5.41) is 40.4. The van der Waals surface area contributed by atoms with Crippen LogP contribution in [0.2, 0.25) is 0 Å². The van der Waals surface area contributed by atoms with Crippen molar-refractivity contribution in [3.05, 3.63) is 69.3 Å². The van der Waals surface area contributed by atoms with Gasteiger partial charge in [-0.15, -0.1) is 22.1 Å². The molecule has 0 saturated heterocycles. The van der Waals surface area contributed by atoms with Crippen LogP contribution in [0.15, 0.2) is 24.3 Å². The minimum absolute atomic E-state index is 0. The smallest absolute Gasteiger partial charge is 0.657 e. The van der Waals surface area contributed by atoms with Gasteiger partial charge in [0.25, 0.3) is 0 Å². The van der Waals surface area contributed by atoms with Crippen LogP contribution >= 0.6 is 0 Å².